The predicted molar refractivity (Wildman–Crippen MR) is 103 cm³/mol. The van der Waals surface area contributed by atoms with Gasteiger partial charge in [-0.3, -0.25) is 14.5 Å². The first-order valence-corrected chi connectivity index (χ1v) is 10.5. The molecule has 2 aliphatic rings. The quantitative estimate of drug-likeness (QED) is 0.807. The first kappa shape index (κ1) is 19.3. The van der Waals surface area contributed by atoms with Gasteiger partial charge in [-0.05, 0) is 19.8 Å². The van der Waals surface area contributed by atoms with E-state index in [1.165, 1.54) is 30.6 Å². The number of carbonyl (C=O) groups excluding carboxylic acids is 2. The lowest BCUT2D eigenvalue weighted by molar-refractivity contribution is -0.138. The van der Waals surface area contributed by atoms with Gasteiger partial charge in [-0.15, -0.1) is 11.3 Å². The van der Waals surface area contributed by atoms with Crippen LogP contribution in [-0.4, -0.2) is 71.8 Å². The molecule has 2 heterocycles. The number of aryl methyl sites for hydroxylation is 1. The number of rotatable bonds is 4. The van der Waals surface area contributed by atoms with E-state index in [-0.39, 0.29) is 11.8 Å². The molecule has 1 aliphatic carbocycles. The van der Waals surface area contributed by atoms with Gasteiger partial charge >= 0.3 is 0 Å². The molecule has 1 saturated heterocycles. The second-order valence-electron chi connectivity index (χ2n) is 7.66. The van der Waals surface area contributed by atoms with Gasteiger partial charge in [0, 0.05) is 46.2 Å². The van der Waals surface area contributed by atoms with Gasteiger partial charge in [0.2, 0.25) is 5.91 Å². The molecule has 0 bridgehead atoms. The Kier molecular flexibility index (Phi) is 6.29. The number of aromatic nitrogens is 1. The number of carbonyl (C=O) groups is 2. The molecule has 6 nitrogen and oxygen atoms in total. The Morgan fingerprint density at radius 3 is 2.38 bits per heavy atom. The van der Waals surface area contributed by atoms with Crippen molar-refractivity contribution in [3.05, 3.63) is 15.6 Å². The zero-order chi connectivity index (χ0) is 18.7. The topological polar surface area (TPSA) is 56.8 Å². The van der Waals surface area contributed by atoms with Gasteiger partial charge in [0.1, 0.15) is 9.88 Å². The van der Waals surface area contributed by atoms with Gasteiger partial charge in [-0.25, -0.2) is 4.98 Å². The van der Waals surface area contributed by atoms with Crippen molar-refractivity contribution in [1.29, 1.82) is 0 Å². The summed E-state index contributed by atoms with van der Waals surface area (Å²) in [6.45, 7) is 6.05. The van der Waals surface area contributed by atoms with E-state index in [1.807, 2.05) is 6.92 Å². The second-order valence-corrected chi connectivity index (χ2v) is 8.74. The molecule has 26 heavy (non-hydrogen) atoms. The summed E-state index contributed by atoms with van der Waals surface area (Å²) >= 11 is 1.49. The number of amides is 2. The van der Waals surface area contributed by atoms with Crippen molar-refractivity contribution >= 4 is 23.2 Å². The van der Waals surface area contributed by atoms with Crippen LogP contribution in [0.5, 0.6) is 0 Å². The van der Waals surface area contributed by atoms with Crippen LogP contribution in [0.15, 0.2) is 0 Å². The normalized spacial score (nSPS) is 19.6. The van der Waals surface area contributed by atoms with E-state index < -0.39 is 0 Å². The largest absolute Gasteiger partial charge is 0.344 e. The maximum atomic E-state index is 12.7. The molecular weight excluding hydrogens is 348 g/mol. The van der Waals surface area contributed by atoms with Crippen LogP contribution in [-0.2, 0) is 11.3 Å². The Morgan fingerprint density at radius 1 is 1.12 bits per heavy atom. The van der Waals surface area contributed by atoms with Crippen LogP contribution in [0.25, 0.3) is 0 Å². The van der Waals surface area contributed by atoms with Crippen molar-refractivity contribution in [2.45, 2.75) is 45.6 Å². The summed E-state index contributed by atoms with van der Waals surface area (Å²) in [5.41, 5.74) is 0.815. The van der Waals surface area contributed by atoms with Crippen molar-refractivity contribution < 1.29 is 9.59 Å². The van der Waals surface area contributed by atoms with Gasteiger partial charge in [0.05, 0.1) is 12.2 Å². The standard InChI is InChI=1S/C19H30N4O2S/c1-14-17(19(25)21(2)3)26-16(20-14)13-22-9-11-23(12-10-22)18(24)15-7-5-4-6-8-15/h15H,4-13H2,1-3H3. The number of hydrogen-bond acceptors (Lipinski definition) is 5. The van der Waals surface area contributed by atoms with Crippen molar-refractivity contribution in [3.8, 4) is 0 Å². The van der Waals surface area contributed by atoms with Gasteiger partial charge in [0.25, 0.3) is 5.91 Å². The average molecular weight is 379 g/mol. The molecule has 0 radical (unpaired) electrons. The molecule has 1 aromatic heterocycles. The Hall–Kier alpha value is -1.47. The van der Waals surface area contributed by atoms with Crippen LogP contribution in [0.4, 0.5) is 0 Å². The van der Waals surface area contributed by atoms with Crippen LogP contribution in [0.1, 0.15) is 52.5 Å². The number of thiazole rings is 1. The fourth-order valence-corrected chi connectivity index (χ4v) is 4.98. The Bertz CT molecular complexity index is 644. The lowest BCUT2D eigenvalue weighted by Gasteiger charge is -2.36. The number of piperazine rings is 1. The summed E-state index contributed by atoms with van der Waals surface area (Å²) in [6, 6.07) is 0. The Balaban J connectivity index is 1.52. The molecule has 0 aromatic carbocycles. The zero-order valence-electron chi connectivity index (χ0n) is 16.2. The van der Waals surface area contributed by atoms with Crippen molar-refractivity contribution in [2.75, 3.05) is 40.3 Å². The summed E-state index contributed by atoms with van der Waals surface area (Å²) < 4.78 is 0. The minimum absolute atomic E-state index is 0.0224. The summed E-state index contributed by atoms with van der Waals surface area (Å²) in [5, 5.41) is 0.986. The molecule has 2 amide bonds. The van der Waals surface area contributed by atoms with Crippen molar-refractivity contribution in [2.24, 2.45) is 5.92 Å². The van der Waals surface area contributed by atoms with E-state index in [4.69, 9.17) is 0 Å². The van der Waals surface area contributed by atoms with E-state index in [0.29, 0.717) is 5.91 Å². The summed E-state index contributed by atoms with van der Waals surface area (Å²) in [7, 11) is 3.54. The zero-order valence-corrected chi connectivity index (χ0v) is 17.0. The highest BCUT2D eigenvalue weighted by atomic mass is 32.1. The second kappa shape index (κ2) is 8.48. The molecule has 144 valence electrons. The van der Waals surface area contributed by atoms with Crippen LogP contribution in [0.3, 0.4) is 0 Å². The highest BCUT2D eigenvalue weighted by Gasteiger charge is 2.28. The third kappa shape index (κ3) is 4.43. The van der Waals surface area contributed by atoms with E-state index in [1.54, 1.807) is 19.0 Å². The van der Waals surface area contributed by atoms with E-state index in [9.17, 15) is 9.59 Å². The van der Waals surface area contributed by atoms with Crippen LogP contribution in [0.2, 0.25) is 0 Å². The fraction of sp³-hybridized carbons (Fsp3) is 0.737. The highest BCUT2D eigenvalue weighted by molar-refractivity contribution is 7.13. The molecule has 0 unspecified atom stereocenters. The first-order valence-electron chi connectivity index (χ1n) is 9.65. The third-order valence-corrected chi connectivity index (χ3v) is 6.57. The average Bonchev–Trinajstić information content (AvgIpc) is 3.01. The Labute approximate surface area is 160 Å². The lowest BCUT2D eigenvalue weighted by Crippen LogP contribution is -2.50. The van der Waals surface area contributed by atoms with Crippen LogP contribution in [0, 0.1) is 12.8 Å². The van der Waals surface area contributed by atoms with E-state index in [2.05, 4.69) is 14.8 Å². The first-order chi connectivity index (χ1) is 12.5. The van der Waals surface area contributed by atoms with Crippen LogP contribution < -0.4 is 0 Å². The molecule has 0 N–H and O–H groups in total. The molecule has 0 atom stereocenters. The lowest BCUT2D eigenvalue weighted by atomic mass is 9.88. The minimum Gasteiger partial charge on any atom is -0.344 e. The maximum absolute atomic E-state index is 12.7. The highest BCUT2D eigenvalue weighted by Crippen LogP contribution is 2.26. The minimum atomic E-state index is 0.0224. The van der Waals surface area contributed by atoms with E-state index >= 15 is 0 Å². The number of nitrogens with zero attached hydrogens (tertiary/aromatic N) is 4. The number of hydrogen-bond donors (Lipinski definition) is 0. The van der Waals surface area contributed by atoms with Crippen molar-refractivity contribution in [3.63, 3.8) is 0 Å². The van der Waals surface area contributed by atoms with Gasteiger partial charge in [-0.2, -0.15) is 0 Å². The van der Waals surface area contributed by atoms with Gasteiger partial charge < -0.3 is 9.80 Å². The molecule has 1 aromatic rings. The Morgan fingerprint density at radius 2 is 1.77 bits per heavy atom. The molecule has 7 heteroatoms. The molecular formula is C19H30N4O2S. The molecule has 1 aliphatic heterocycles. The summed E-state index contributed by atoms with van der Waals surface area (Å²) in [6.07, 6.45) is 5.82. The summed E-state index contributed by atoms with van der Waals surface area (Å²) in [5.74, 6) is 0.652. The third-order valence-electron chi connectivity index (χ3n) is 5.44. The van der Waals surface area contributed by atoms with Gasteiger partial charge in [-0.1, -0.05) is 19.3 Å². The summed E-state index contributed by atoms with van der Waals surface area (Å²) in [4.78, 5) is 36.1. The monoisotopic (exact) mass is 378 g/mol. The molecule has 2 fully saturated rings. The smallest absolute Gasteiger partial charge is 0.265 e. The van der Waals surface area contributed by atoms with Crippen LogP contribution >= 0.6 is 11.3 Å². The van der Waals surface area contributed by atoms with Crippen molar-refractivity contribution in [1.82, 2.24) is 19.7 Å². The van der Waals surface area contributed by atoms with E-state index in [0.717, 1.165) is 61.1 Å². The SMILES string of the molecule is Cc1nc(CN2CCN(C(=O)C3CCCCC3)CC2)sc1C(=O)N(C)C. The fourth-order valence-electron chi connectivity index (χ4n) is 3.85. The molecule has 1 saturated carbocycles. The maximum Gasteiger partial charge on any atom is 0.265 e. The molecule has 3 rings (SSSR count). The van der Waals surface area contributed by atoms with Gasteiger partial charge in [0.15, 0.2) is 0 Å². The predicted octanol–water partition coefficient (Wildman–Crippen LogP) is 2.38. The molecule has 0 spiro atoms.